The van der Waals surface area contributed by atoms with Crippen molar-refractivity contribution in [2.24, 2.45) is 0 Å². The lowest BCUT2D eigenvalue weighted by molar-refractivity contribution is -0.117. The van der Waals surface area contributed by atoms with Gasteiger partial charge < -0.3 is 5.32 Å². The number of amides is 1. The lowest BCUT2D eigenvalue weighted by atomic mass is 10.1. The Labute approximate surface area is 119 Å². The maximum Gasteiger partial charge on any atom is 0.235 e. The lowest BCUT2D eigenvalue weighted by Crippen LogP contribution is -2.13. The van der Waals surface area contributed by atoms with E-state index in [1.165, 1.54) is 17.3 Å². The molecular weight excluding hydrogens is 276 g/mol. The molecule has 0 atom stereocenters. The summed E-state index contributed by atoms with van der Waals surface area (Å²) in [6.07, 6.45) is 1.93. The van der Waals surface area contributed by atoms with Crippen LogP contribution in [0.25, 0.3) is 17.3 Å². The highest BCUT2D eigenvalue weighted by molar-refractivity contribution is 8.04. The van der Waals surface area contributed by atoms with Gasteiger partial charge in [0.05, 0.1) is 16.5 Å². The number of rotatable bonds is 2. The van der Waals surface area contributed by atoms with Gasteiger partial charge in [-0.05, 0) is 6.92 Å². The van der Waals surface area contributed by atoms with E-state index in [-0.39, 0.29) is 5.91 Å². The molecule has 1 saturated heterocycles. The van der Waals surface area contributed by atoms with Crippen LogP contribution in [0.2, 0.25) is 0 Å². The third-order valence-corrected chi connectivity index (χ3v) is 4.47. The summed E-state index contributed by atoms with van der Waals surface area (Å²) in [6, 6.07) is 8.32. The Kier molecular flexibility index (Phi) is 3.40. The molecule has 1 aromatic carbocycles. The topological polar surface area (TPSA) is 42.0 Å². The van der Waals surface area contributed by atoms with Gasteiger partial charge >= 0.3 is 0 Å². The van der Waals surface area contributed by atoms with Crippen LogP contribution in [0.1, 0.15) is 10.6 Å². The fraction of sp³-hybridized carbons (Fsp3) is 0.143. The molecule has 5 heteroatoms. The maximum absolute atomic E-state index is 11.1. The summed E-state index contributed by atoms with van der Waals surface area (Å²) < 4.78 is 0. The van der Waals surface area contributed by atoms with Crippen LogP contribution >= 0.6 is 23.1 Å². The predicted molar refractivity (Wildman–Crippen MR) is 80.9 cm³/mol. The number of hydrogen-bond donors (Lipinski definition) is 1. The molecule has 0 aliphatic carbocycles. The van der Waals surface area contributed by atoms with Crippen LogP contribution in [0.15, 0.2) is 34.7 Å². The van der Waals surface area contributed by atoms with Crippen LogP contribution in [-0.4, -0.2) is 16.6 Å². The van der Waals surface area contributed by atoms with Gasteiger partial charge in [0.15, 0.2) is 0 Å². The highest BCUT2D eigenvalue weighted by Crippen LogP contribution is 2.26. The second-order valence-electron chi connectivity index (χ2n) is 4.28. The SMILES string of the molecule is Cc1ccc(-c2csc(/C=C3/NC(=O)CS3)n2)cc1. The molecule has 1 amide bonds. The van der Waals surface area contributed by atoms with Gasteiger partial charge in [-0.15, -0.1) is 11.3 Å². The zero-order valence-corrected chi connectivity index (χ0v) is 12.0. The Morgan fingerprint density at radius 1 is 1.32 bits per heavy atom. The Morgan fingerprint density at radius 2 is 2.11 bits per heavy atom. The molecule has 1 N–H and O–H groups in total. The number of aryl methyl sites for hydroxylation is 1. The van der Waals surface area contributed by atoms with Gasteiger partial charge in [-0.2, -0.15) is 0 Å². The minimum absolute atomic E-state index is 0.0616. The Balaban J connectivity index is 1.83. The van der Waals surface area contributed by atoms with E-state index >= 15 is 0 Å². The average Bonchev–Trinajstić information content (AvgIpc) is 3.00. The first-order chi connectivity index (χ1) is 9.20. The van der Waals surface area contributed by atoms with Crippen molar-refractivity contribution in [1.29, 1.82) is 0 Å². The number of thiazole rings is 1. The molecule has 96 valence electrons. The highest BCUT2D eigenvalue weighted by atomic mass is 32.2. The van der Waals surface area contributed by atoms with Crippen molar-refractivity contribution in [2.75, 3.05) is 5.75 Å². The van der Waals surface area contributed by atoms with E-state index in [1.807, 2.05) is 11.5 Å². The molecule has 0 spiro atoms. The van der Waals surface area contributed by atoms with Gasteiger partial charge in [-0.25, -0.2) is 4.98 Å². The maximum atomic E-state index is 11.1. The molecule has 3 rings (SSSR count). The molecule has 1 fully saturated rings. The van der Waals surface area contributed by atoms with Crippen molar-refractivity contribution in [3.63, 3.8) is 0 Å². The third-order valence-electron chi connectivity index (χ3n) is 2.75. The second-order valence-corrected chi connectivity index (χ2v) is 6.19. The summed E-state index contributed by atoms with van der Waals surface area (Å²) in [7, 11) is 0. The van der Waals surface area contributed by atoms with Gasteiger partial charge in [0.2, 0.25) is 5.91 Å². The number of nitrogens with zero attached hydrogens (tertiary/aromatic N) is 1. The first-order valence-electron chi connectivity index (χ1n) is 5.87. The fourth-order valence-electron chi connectivity index (χ4n) is 1.75. The van der Waals surface area contributed by atoms with Gasteiger partial charge in [0.25, 0.3) is 0 Å². The summed E-state index contributed by atoms with van der Waals surface area (Å²) in [6.45, 7) is 2.07. The minimum Gasteiger partial charge on any atom is -0.320 e. The normalized spacial score (nSPS) is 16.9. The van der Waals surface area contributed by atoms with E-state index in [1.54, 1.807) is 11.3 Å². The van der Waals surface area contributed by atoms with Crippen LogP contribution in [0, 0.1) is 6.92 Å². The zero-order chi connectivity index (χ0) is 13.2. The van der Waals surface area contributed by atoms with Gasteiger partial charge in [-0.1, -0.05) is 41.6 Å². The number of carbonyl (C=O) groups is 1. The molecule has 0 unspecified atom stereocenters. The van der Waals surface area contributed by atoms with Crippen LogP contribution in [0.3, 0.4) is 0 Å². The number of hydrogen-bond acceptors (Lipinski definition) is 4. The lowest BCUT2D eigenvalue weighted by Gasteiger charge is -1.97. The van der Waals surface area contributed by atoms with Crippen LogP contribution in [0.5, 0.6) is 0 Å². The smallest absolute Gasteiger partial charge is 0.235 e. The molecule has 2 aromatic rings. The number of thioether (sulfide) groups is 1. The summed E-state index contributed by atoms with van der Waals surface area (Å²) >= 11 is 3.10. The number of carbonyl (C=O) groups excluding carboxylic acids is 1. The van der Waals surface area contributed by atoms with Crippen LogP contribution < -0.4 is 5.32 Å². The standard InChI is InChI=1S/C14H12N2OS2/c1-9-2-4-10(5-3-9)11-7-18-13(15-11)6-14-16-12(17)8-19-14/h2-7H,8H2,1H3,(H,16,17)/b14-6-. The molecular formula is C14H12N2OS2. The van der Waals surface area contributed by atoms with Crippen molar-refractivity contribution in [3.05, 3.63) is 45.2 Å². The second kappa shape index (κ2) is 5.19. The van der Waals surface area contributed by atoms with Gasteiger partial charge in [0, 0.05) is 17.0 Å². The van der Waals surface area contributed by atoms with E-state index in [2.05, 4.69) is 41.5 Å². The quantitative estimate of drug-likeness (QED) is 0.922. The largest absolute Gasteiger partial charge is 0.320 e. The summed E-state index contributed by atoms with van der Waals surface area (Å²) in [4.78, 5) is 15.7. The van der Waals surface area contributed by atoms with Crippen molar-refractivity contribution in [2.45, 2.75) is 6.92 Å². The minimum atomic E-state index is 0.0616. The average molecular weight is 288 g/mol. The van der Waals surface area contributed by atoms with Crippen LogP contribution in [0.4, 0.5) is 0 Å². The molecule has 19 heavy (non-hydrogen) atoms. The molecule has 1 aliphatic heterocycles. The van der Waals surface area contributed by atoms with E-state index in [0.29, 0.717) is 5.75 Å². The predicted octanol–water partition coefficient (Wildman–Crippen LogP) is 3.28. The van der Waals surface area contributed by atoms with E-state index in [4.69, 9.17) is 0 Å². The van der Waals surface area contributed by atoms with Crippen molar-refractivity contribution >= 4 is 35.1 Å². The number of nitrogens with one attached hydrogen (secondary N) is 1. The summed E-state index contributed by atoms with van der Waals surface area (Å²) in [5.74, 6) is 0.564. The van der Waals surface area contributed by atoms with Crippen molar-refractivity contribution in [1.82, 2.24) is 10.3 Å². The van der Waals surface area contributed by atoms with Gasteiger partial charge in [0.1, 0.15) is 5.01 Å². The Hall–Kier alpha value is -1.59. The number of benzene rings is 1. The molecule has 3 nitrogen and oxygen atoms in total. The third kappa shape index (κ3) is 2.88. The molecule has 0 radical (unpaired) electrons. The van der Waals surface area contributed by atoms with E-state index in [9.17, 15) is 4.79 Å². The van der Waals surface area contributed by atoms with E-state index in [0.717, 1.165) is 21.3 Å². The first kappa shape index (κ1) is 12.4. The number of aromatic nitrogens is 1. The fourth-order valence-corrected chi connectivity index (χ4v) is 3.33. The van der Waals surface area contributed by atoms with Crippen LogP contribution in [-0.2, 0) is 4.79 Å². The first-order valence-corrected chi connectivity index (χ1v) is 7.74. The zero-order valence-electron chi connectivity index (χ0n) is 10.3. The monoisotopic (exact) mass is 288 g/mol. The molecule has 1 aliphatic rings. The Bertz CT molecular complexity index is 644. The van der Waals surface area contributed by atoms with Gasteiger partial charge in [-0.3, -0.25) is 4.79 Å². The van der Waals surface area contributed by atoms with Crippen molar-refractivity contribution in [3.8, 4) is 11.3 Å². The Morgan fingerprint density at radius 3 is 2.79 bits per heavy atom. The van der Waals surface area contributed by atoms with Crippen molar-refractivity contribution < 1.29 is 4.79 Å². The summed E-state index contributed by atoms with van der Waals surface area (Å²) in [5.41, 5.74) is 3.34. The highest BCUT2D eigenvalue weighted by Gasteiger charge is 2.15. The molecule has 2 heterocycles. The molecule has 0 bridgehead atoms. The molecule has 0 saturated carbocycles. The van der Waals surface area contributed by atoms with E-state index < -0.39 is 0 Å². The summed E-state index contributed by atoms with van der Waals surface area (Å²) in [5, 5.41) is 6.65. The molecule has 1 aromatic heterocycles.